The quantitative estimate of drug-likeness (QED) is 0.0204. The van der Waals surface area contributed by atoms with Gasteiger partial charge in [-0.05, 0) is 72.1 Å². The number of rotatable bonds is 14. The normalized spacial score (nSPS) is 19.2. The minimum absolute atomic E-state index is 0. The first-order chi connectivity index (χ1) is 23.8. The molecule has 2 saturated carbocycles. The molecule has 2 atom stereocenters. The van der Waals surface area contributed by atoms with Crippen molar-refractivity contribution < 1.29 is 108 Å². The molecule has 16 nitrogen and oxygen atoms in total. The Labute approximate surface area is 356 Å². The van der Waals surface area contributed by atoms with Gasteiger partial charge in [-0.3, -0.25) is 29.4 Å². The molecule has 0 aromatic rings. The second-order valence-electron chi connectivity index (χ2n) is 13.5. The molecule has 1 saturated heterocycles. The van der Waals surface area contributed by atoms with Gasteiger partial charge < -0.3 is 29.7 Å². The number of alkyl halides is 1. The molecule has 3 aliphatic rings. The zero-order chi connectivity index (χ0) is 39.3. The summed E-state index contributed by atoms with van der Waals surface area (Å²) in [7, 11) is -0.120. The van der Waals surface area contributed by atoms with E-state index in [4.69, 9.17) is 40.4 Å². The van der Waals surface area contributed by atoms with Crippen LogP contribution in [0.3, 0.4) is 0 Å². The number of esters is 2. The van der Waals surface area contributed by atoms with E-state index in [0.717, 1.165) is 57.2 Å². The Hall–Kier alpha value is -1.22. The molecule has 0 aromatic carbocycles. The molecule has 0 bridgehead atoms. The van der Waals surface area contributed by atoms with Crippen LogP contribution < -0.4 is 67.3 Å². The van der Waals surface area contributed by atoms with Crippen molar-refractivity contribution in [2.75, 3.05) is 46.0 Å². The number of aliphatic imine (C=N–C) groups is 2. The molecule has 296 valence electrons. The number of alkyl carbamates (subject to hydrolysis) is 1. The van der Waals surface area contributed by atoms with E-state index in [9.17, 15) is 22.8 Å². The Balaban J connectivity index is 0. The summed E-state index contributed by atoms with van der Waals surface area (Å²) < 4.78 is 41.7. The van der Waals surface area contributed by atoms with Crippen molar-refractivity contribution >= 4 is 57.6 Å². The maximum atomic E-state index is 12.5. The maximum absolute atomic E-state index is 12.5. The molecular weight excluding hydrogens is 751 g/mol. The van der Waals surface area contributed by atoms with Crippen LogP contribution in [0.15, 0.2) is 9.98 Å². The maximum Gasteiger partial charge on any atom is 1.00 e. The first-order valence-electron chi connectivity index (χ1n) is 17.0. The summed E-state index contributed by atoms with van der Waals surface area (Å²) in [4.78, 5) is 56.3. The summed E-state index contributed by atoms with van der Waals surface area (Å²) in [6, 6.07) is -0.894. The predicted molar refractivity (Wildman–Crippen MR) is 191 cm³/mol. The first-order valence-corrected chi connectivity index (χ1v) is 19.4. The van der Waals surface area contributed by atoms with Gasteiger partial charge in [0.15, 0.2) is 0 Å². The molecule has 1 amide bonds. The van der Waals surface area contributed by atoms with E-state index in [1.165, 1.54) is 18.6 Å². The van der Waals surface area contributed by atoms with E-state index in [-0.39, 0.29) is 80.7 Å². The van der Waals surface area contributed by atoms with Gasteiger partial charge in [-0.25, -0.2) is 9.59 Å². The molecule has 0 unspecified atom stereocenters. The monoisotopic (exact) mass is 808 g/mol. The van der Waals surface area contributed by atoms with Gasteiger partial charge in [-0.1, -0.05) is 26.7 Å². The van der Waals surface area contributed by atoms with E-state index in [1.807, 2.05) is 14.0 Å². The van der Waals surface area contributed by atoms with Crippen LogP contribution in [0.1, 0.15) is 98.8 Å². The third-order valence-electron chi connectivity index (χ3n) is 8.09. The average Bonchev–Trinajstić information content (AvgIpc) is 3.98. The molecule has 1 spiro atoms. The van der Waals surface area contributed by atoms with Gasteiger partial charge in [0, 0.05) is 42.9 Å². The first kappa shape index (κ1) is 52.9. The molecule has 1 heterocycles. The molecular formula is C33H58ClKN4O12S. The third-order valence-corrected chi connectivity index (χ3v) is 8.34. The number of carbonyl (C=O) groups is 4. The number of hydrogen-bond donors (Lipinski definition) is 3. The largest absolute Gasteiger partial charge is 1.00 e. The van der Waals surface area contributed by atoms with E-state index in [0.29, 0.717) is 31.8 Å². The van der Waals surface area contributed by atoms with Crippen LogP contribution in [0.25, 0.3) is 0 Å². The second kappa shape index (κ2) is 26.6. The van der Waals surface area contributed by atoms with E-state index in [2.05, 4.69) is 32.4 Å². The fraction of sp³-hybridized carbons (Fsp3) is 0.818. The minimum atomic E-state index is -3.67. The van der Waals surface area contributed by atoms with E-state index in [1.54, 1.807) is 27.8 Å². The molecule has 3 fully saturated rings. The van der Waals surface area contributed by atoms with Gasteiger partial charge in [-0.2, -0.15) is 8.42 Å². The SMILES string of the molecule is CCCCOC(=O)[C@@H]1CC2(CC2)C(=NC)CN1.CCCCOC(=O)[C@H](CC1(C(CCl)=NC)CC1)NC(=O)OC(C)(C)C.CS(=O)(=O)O.O=CO[O-].[K+]. The number of halogens is 1. The second-order valence-corrected chi connectivity index (χ2v) is 15.3. The molecule has 2 aliphatic carbocycles. The Morgan fingerprint density at radius 2 is 1.62 bits per heavy atom. The van der Waals surface area contributed by atoms with Crippen LogP contribution in [0, 0.1) is 10.8 Å². The van der Waals surface area contributed by atoms with Gasteiger partial charge in [0.1, 0.15) is 17.7 Å². The molecule has 0 aromatic heterocycles. The number of amides is 1. The fourth-order valence-electron chi connectivity index (χ4n) is 5.18. The summed E-state index contributed by atoms with van der Waals surface area (Å²) in [6.07, 6.45) is 9.28. The number of nitrogens with zero attached hydrogens (tertiary/aromatic N) is 2. The van der Waals surface area contributed by atoms with Crippen molar-refractivity contribution in [2.45, 2.75) is 117 Å². The van der Waals surface area contributed by atoms with Gasteiger partial charge in [0.2, 0.25) is 0 Å². The zero-order valence-electron chi connectivity index (χ0n) is 32.3. The molecule has 52 heavy (non-hydrogen) atoms. The Kier molecular flexibility index (Phi) is 27.0. The minimum Gasteiger partial charge on any atom is -0.662 e. The summed E-state index contributed by atoms with van der Waals surface area (Å²) in [5, 5.41) is 14.3. The Bertz CT molecular complexity index is 1260. The van der Waals surface area contributed by atoms with Gasteiger partial charge in [0.25, 0.3) is 16.6 Å². The fourth-order valence-corrected chi connectivity index (χ4v) is 5.59. The molecule has 0 radical (unpaired) electrons. The number of unbranched alkanes of at least 4 members (excludes halogenated alkanes) is 2. The van der Waals surface area contributed by atoms with Crippen LogP contribution in [0.2, 0.25) is 0 Å². The van der Waals surface area contributed by atoms with Gasteiger partial charge in [-0.15, -0.1) is 11.6 Å². The predicted octanol–water partition coefficient (Wildman–Crippen LogP) is 0.188. The summed E-state index contributed by atoms with van der Waals surface area (Å²) in [6.45, 7) is 10.9. The molecule has 3 rings (SSSR count). The summed E-state index contributed by atoms with van der Waals surface area (Å²) in [5.41, 5.74) is 1.47. The molecule has 19 heteroatoms. The van der Waals surface area contributed by atoms with Crippen LogP contribution in [-0.4, -0.2) is 113 Å². The van der Waals surface area contributed by atoms with Crippen molar-refractivity contribution in [1.29, 1.82) is 0 Å². The Morgan fingerprint density at radius 1 is 1.10 bits per heavy atom. The van der Waals surface area contributed by atoms with Crippen molar-refractivity contribution in [3.63, 3.8) is 0 Å². The number of hydrogen-bond acceptors (Lipinski definition) is 14. The Morgan fingerprint density at radius 3 is 2.00 bits per heavy atom. The van der Waals surface area contributed by atoms with E-state index >= 15 is 0 Å². The molecule has 1 aliphatic heterocycles. The number of nitrogens with one attached hydrogen (secondary N) is 2. The number of carbonyl (C=O) groups excluding carboxylic acids is 4. The third kappa shape index (κ3) is 22.9. The van der Waals surface area contributed by atoms with Crippen molar-refractivity contribution in [1.82, 2.24) is 10.6 Å². The average molecular weight is 809 g/mol. The van der Waals surface area contributed by atoms with Gasteiger partial charge >= 0.3 is 69.4 Å². The van der Waals surface area contributed by atoms with Crippen molar-refractivity contribution in [3.05, 3.63) is 0 Å². The van der Waals surface area contributed by atoms with Crippen molar-refractivity contribution in [3.8, 4) is 0 Å². The topological polar surface area (TPSA) is 231 Å². The summed E-state index contributed by atoms with van der Waals surface area (Å²) >= 11 is 5.99. The van der Waals surface area contributed by atoms with E-state index < -0.39 is 33.8 Å². The van der Waals surface area contributed by atoms with Crippen LogP contribution in [0.4, 0.5) is 4.79 Å². The van der Waals surface area contributed by atoms with Crippen LogP contribution >= 0.6 is 11.6 Å². The zero-order valence-corrected chi connectivity index (χ0v) is 36.9. The number of piperidine rings is 1. The van der Waals surface area contributed by atoms with Gasteiger partial charge in [0.05, 0.1) is 25.3 Å². The van der Waals surface area contributed by atoms with Crippen molar-refractivity contribution in [2.24, 2.45) is 20.8 Å². The summed E-state index contributed by atoms with van der Waals surface area (Å²) in [5.74, 6) is -0.198. The van der Waals surface area contributed by atoms with Crippen LogP contribution in [0.5, 0.6) is 0 Å². The molecule has 3 N–H and O–H groups in total. The van der Waals surface area contributed by atoms with Crippen LogP contribution in [-0.2, 0) is 43.6 Å². The standard InChI is InChI=1S/C18H31ClN2O4.C13H22N2O2.CH4O3S.CH2O3.K/c1-6-7-10-24-15(22)13(21-16(23)25-17(2,3)4)11-18(8-9-18)14(12-19)20-5;1-3-4-7-17-12(16)10-8-13(5-6-13)11(14-2)9-15-10;1-5(2,3)4;2-1-4-3;/h13H,6-12H2,1-5H3,(H,21,23);10,15H,3-9H2,1-2H3;1H3,(H,2,3,4);1,3H;/q;;;;+1/p-1/t13-;10-;;;/m00.../s1. The number of ether oxygens (including phenoxy) is 3. The smallest absolute Gasteiger partial charge is 0.662 e.